The number of rotatable bonds is 5. The van der Waals surface area contributed by atoms with Gasteiger partial charge in [0.05, 0.1) is 19.0 Å². The molecule has 0 aliphatic carbocycles. The molecule has 2 aromatic heterocycles. The summed E-state index contributed by atoms with van der Waals surface area (Å²) < 4.78 is 6.23. The van der Waals surface area contributed by atoms with Crippen molar-refractivity contribution < 1.29 is 4.74 Å². The zero-order chi connectivity index (χ0) is 16.2. The number of hydrogen-bond acceptors (Lipinski definition) is 11. The number of aromatic nitrogens is 5. The summed E-state index contributed by atoms with van der Waals surface area (Å²) in [6.45, 7) is 3.18. The molecule has 1 aliphatic heterocycles. The number of nitrogens with two attached hydrogens (primary N) is 1. The Labute approximate surface area is 142 Å². The molecule has 1 aliphatic rings. The van der Waals surface area contributed by atoms with Crippen LogP contribution < -0.4 is 15.5 Å². The van der Waals surface area contributed by atoms with Crippen LogP contribution in [-0.4, -0.2) is 65.5 Å². The van der Waals surface area contributed by atoms with Crippen LogP contribution in [0.5, 0.6) is 0 Å². The number of hydrogen-bond donors (Lipinski definition) is 1. The van der Waals surface area contributed by atoms with Crippen LogP contribution in [0.4, 0.5) is 17.0 Å². The third-order valence-corrected chi connectivity index (χ3v) is 5.20. The zero-order valence-corrected chi connectivity index (χ0v) is 14.6. The lowest BCUT2D eigenvalue weighted by Gasteiger charge is -2.25. The highest BCUT2D eigenvalue weighted by molar-refractivity contribution is 8.00. The van der Waals surface area contributed by atoms with Gasteiger partial charge in [-0.25, -0.2) is 0 Å². The molecule has 1 saturated heterocycles. The molecule has 9 nitrogen and oxygen atoms in total. The highest BCUT2D eigenvalue weighted by Gasteiger charge is 2.16. The Bertz CT molecular complexity index is 658. The van der Waals surface area contributed by atoms with Crippen molar-refractivity contribution in [2.45, 2.75) is 10.1 Å². The fourth-order valence-electron chi connectivity index (χ4n) is 1.96. The third-order valence-electron chi connectivity index (χ3n) is 3.09. The van der Waals surface area contributed by atoms with Gasteiger partial charge in [-0.2, -0.15) is 15.0 Å². The first-order valence-corrected chi connectivity index (χ1v) is 8.89. The topological polar surface area (TPSA) is 106 Å². The van der Waals surface area contributed by atoms with Crippen LogP contribution in [0.1, 0.15) is 5.82 Å². The Morgan fingerprint density at radius 2 is 2.00 bits per heavy atom. The molecule has 0 aromatic carbocycles. The summed E-state index contributed by atoms with van der Waals surface area (Å²) in [5.74, 6) is 1.99. The molecule has 11 heteroatoms. The minimum absolute atomic E-state index is 0.227. The smallest absolute Gasteiger partial charge is 0.229 e. The van der Waals surface area contributed by atoms with E-state index in [-0.39, 0.29) is 5.95 Å². The molecule has 1 fully saturated rings. The monoisotopic (exact) mass is 354 g/mol. The van der Waals surface area contributed by atoms with E-state index in [0.717, 1.165) is 35.8 Å². The molecule has 0 saturated carbocycles. The summed E-state index contributed by atoms with van der Waals surface area (Å²) in [4.78, 5) is 16.6. The predicted octanol–water partition coefficient (Wildman–Crippen LogP) is 0.500. The molecular formula is C12H18N8OS2. The number of nitrogen functional groups attached to an aromatic ring is 1. The molecule has 0 spiro atoms. The Morgan fingerprint density at radius 1 is 1.22 bits per heavy atom. The van der Waals surface area contributed by atoms with Crippen LogP contribution in [0.2, 0.25) is 0 Å². The van der Waals surface area contributed by atoms with Gasteiger partial charge in [0.2, 0.25) is 17.0 Å². The van der Waals surface area contributed by atoms with E-state index in [2.05, 4.69) is 30.0 Å². The SMILES string of the molecule is CN(C)c1nc(N)nc(CSc2nnc(N3CCOCC3)s2)n1. The lowest BCUT2D eigenvalue weighted by atomic mass is 10.5. The van der Waals surface area contributed by atoms with Gasteiger partial charge in [0.1, 0.15) is 5.82 Å². The second-order valence-corrected chi connectivity index (χ2v) is 7.22. The van der Waals surface area contributed by atoms with Crippen molar-refractivity contribution in [1.82, 2.24) is 25.1 Å². The van der Waals surface area contributed by atoms with E-state index in [0.29, 0.717) is 17.5 Å². The highest BCUT2D eigenvalue weighted by Crippen LogP contribution is 2.30. The van der Waals surface area contributed by atoms with Crippen LogP contribution in [-0.2, 0) is 10.5 Å². The third kappa shape index (κ3) is 4.18. The summed E-state index contributed by atoms with van der Waals surface area (Å²) in [5, 5.41) is 9.40. The first-order chi connectivity index (χ1) is 11.1. The number of nitrogens with zero attached hydrogens (tertiary/aromatic N) is 7. The average molecular weight is 354 g/mol. The van der Waals surface area contributed by atoms with Gasteiger partial charge in [0.15, 0.2) is 4.34 Å². The van der Waals surface area contributed by atoms with Crippen molar-refractivity contribution in [2.24, 2.45) is 0 Å². The van der Waals surface area contributed by atoms with Gasteiger partial charge in [-0.15, -0.1) is 10.2 Å². The van der Waals surface area contributed by atoms with Crippen LogP contribution >= 0.6 is 23.1 Å². The van der Waals surface area contributed by atoms with E-state index in [9.17, 15) is 0 Å². The summed E-state index contributed by atoms with van der Waals surface area (Å²) in [6, 6.07) is 0. The largest absolute Gasteiger partial charge is 0.378 e. The fraction of sp³-hybridized carbons (Fsp3) is 0.583. The summed E-state index contributed by atoms with van der Waals surface area (Å²) >= 11 is 3.12. The Hall–Kier alpha value is -1.72. The quantitative estimate of drug-likeness (QED) is 0.763. The van der Waals surface area contributed by atoms with E-state index < -0.39 is 0 Å². The van der Waals surface area contributed by atoms with Crippen molar-refractivity contribution in [3.05, 3.63) is 5.82 Å². The minimum atomic E-state index is 0.227. The Morgan fingerprint density at radius 3 is 2.74 bits per heavy atom. The molecule has 0 atom stereocenters. The molecule has 0 radical (unpaired) electrons. The van der Waals surface area contributed by atoms with Crippen LogP contribution in [0.15, 0.2) is 4.34 Å². The van der Waals surface area contributed by atoms with Gasteiger partial charge in [-0.1, -0.05) is 23.1 Å². The first kappa shape index (κ1) is 16.1. The molecule has 23 heavy (non-hydrogen) atoms. The lowest BCUT2D eigenvalue weighted by molar-refractivity contribution is 0.122. The van der Waals surface area contributed by atoms with Crippen molar-refractivity contribution in [1.29, 1.82) is 0 Å². The molecular weight excluding hydrogens is 336 g/mol. The standard InChI is InChI=1S/C12H18N8OS2/c1-19(2)10-15-8(14-9(13)16-10)7-22-12-18-17-11(23-12)20-3-5-21-6-4-20/h3-7H2,1-2H3,(H2,13,14,15,16). The summed E-state index contributed by atoms with van der Waals surface area (Å²) in [6.07, 6.45) is 0. The molecule has 0 unspecified atom stereocenters. The maximum absolute atomic E-state index is 5.73. The zero-order valence-electron chi connectivity index (χ0n) is 13.0. The molecule has 0 amide bonds. The maximum Gasteiger partial charge on any atom is 0.229 e. The highest BCUT2D eigenvalue weighted by atomic mass is 32.2. The van der Waals surface area contributed by atoms with Crippen molar-refractivity contribution >= 4 is 40.1 Å². The van der Waals surface area contributed by atoms with Gasteiger partial charge < -0.3 is 20.3 Å². The van der Waals surface area contributed by atoms with Gasteiger partial charge >= 0.3 is 0 Å². The van der Waals surface area contributed by atoms with E-state index in [1.54, 1.807) is 28.0 Å². The normalized spacial score (nSPS) is 15.0. The molecule has 124 valence electrons. The number of thioether (sulfide) groups is 1. The molecule has 3 heterocycles. The summed E-state index contributed by atoms with van der Waals surface area (Å²) in [7, 11) is 3.73. The molecule has 0 bridgehead atoms. The van der Waals surface area contributed by atoms with Gasteiger partial charge in [-0.3, -0.25) is 0 Å². The number of ether oxygens (including phenoxy) is 1. The van der Waals surface area contributed by atoms with Crippen molar-refractivity contribution in [2.75, 3.05) is 55.9 Å². The molecule has 2 aromatic rings. The predicted molar refractivity (Wildman–Crippen MR) is 91.1 cm³/mol. The molecule has 3 rings (SSSR count). The van der Waals surface area contributed by atoms with Gasteiger partial charge in [0.25, 0.3) is 0 Å². The van der Waals surface area contributed by atoms with E-state index in [1.165, 1.54) is 0 Å². The van der Waals surface area contributed by atoms with Crippen LogP contribution in [0.3, 0.4) is 0 Å². The average Bonchev–Trinajstić information content (AvgIpc) is 3.02. The molecule has 2 N–H and O–H groups in total. The van der Waals surface area contributed by atoms with Crippen LogP contribution in [0.25, 0.3) is 0 Å². The fourth-order valence-corrected chi connectivity index (χ4v) is 3.71. The van der Waals surface area contributed by atoms with Crippen molar-refractivity contribution in [3.63, 3.8) is 0 Å². The number of anilines is 3. The Balaban J connectivity index is 1.63. The lowest BCUT2D eigenvalue weighted by Crippen LogP contribution is -2.36. The summed E-state index contributed by atoms with van der Waals surface area (Å²) in [5.41, 5.74) is 5.73. The first-order valence-electron chi connectivity index (χ1n) is 7.08. The minimum Gasteiger partial charge on any atom is -0.378 e. The van der Waals surface area contributed by atoms with E-state index >= 15 is 0 Å². The van der Waals surface area contributed by atoms with Crippen LogP contribution in [0, 0.1) is 0 Å². The Kier molecular flexibility index (Phi) is 5.08. The second kappa shape index (κ2) is 7.23. The maximum atomic E-state index is 5.73. The van der Waals surface area contributed by atoms with E-state index in [1.807, 2.05) is 14.1 Å². The van der Waals surface area contributed by atoms with Gasteiger partial charge in [0, 0.05) is 27.2 Å². The van der Waals surface area contributed by atoms with E-state index in [4.69, 9.17) is 10.5 Å². The van der Waals surface area contributed by atoms with Gasteiger partial charge in [-0.05, 0) is 0 Å². The second-order valence-electron chi connectivity index (χ2n) is 5.04. The number of morpholine rings is 1. The van der Waals surface area contributed by atoms with Crippen molar-refractivity contribution in [3.8, 4) is 0 Å².